The van der Waals surface area contributed by atoms with Crippen LogP contribution in [0.4, 0.5) is 11.4 Å². The van der Waals surface area contributed by atoms with E-state index in [4.69, 9.17) is 0 Å². The summed E-state index contributed by atoms with van der Waals surface area (Å²) in [7, 11) is 0. The van der Waals surface area contributed by atoms with E-state index in [1.54, 1.807) is 24.3 Å². The van der Waals surface area contributed by atoms with Crippen LogP contribution in [-0.4, -0.2) is 23.9 Å². The minimum absolute atomic E-state index is 0.0262. The van der Waals surface area contributed by atoms with Gasteiger partial charge in [0.25, 0.3) is 11.8 Å². The van der Waals surface area contributed by atoms with Crippen molar-refractivity contribution in [3.8, 4) is 0 Å². The standard InChI is InChI=1S/C19H23N3O2/c1-19(2,3)20-13-17(23)22-16-12-8-7-11-15(16)18(24)21-14-9-5-4-6-10-14/h4-12,20H,13H2,1-3H3,(H,21,24)(H,22,23)/p+1. The number of benzene rings is 2. The molecular weight excluding hydrogens is 302 g/mol. The van der Waals surface area contributed by atoms with Crippen LogP contribution in [0.3, 0.4) is 0 Å². The van der Waals surface area contributed by atoms with E-state index in [0.29, 0.717) is 23.5 Å². The van der Waals surface area contributed by atoms with Crippen LogP contribution in [0.2, 0.25) is 0 Å². The zero-order valence-electron chi connectivity index (χ0n) is 14.3. The number of hydrogen-bond acceptors (Lipinski definition) is 2. The van der Waals surface area contributed by atoms with Crippen LogP contribution in [0, 0.1) is 0 Å². The lowest BCUT2D eigenvalue weighted by molar-refractivity contribution is -0.707. The van der Waals surface area contributed by atoms with Gasteiger partial charge in [0.1, 0.15) is 0 Å². The van der Waals surface area contributed by atoms with Crippen LogP contribution < -0.4 is 16.0 Å². The van der Waals surface area contributed by atoms with Crippen LogP contribution in [0.1, 0.15) is 31.1 Å². The van der Waals surface area contributed by atoms with Gasteiger partial charge in [-0.05, 0) is 45.0 Å². The molecular formula is C19H24N3O2+. The smallest absolute Gasteiger partial charge is 0.279 e. The maximum atomic E-state index is 12.5. The van der Waals surface area contributed by atoms with E-state index in [9.17, 15) is 9.59 Å². The van der Waals surface area contributed by atoms with Gasteiger partial charge in [0.05, 0.1) is 16.8 Å². The molecule has 5 nitrogen and oxygen atoms in total. The maximum Gasteiger partial charge on any atom is 0.279 e. The van der Waals surface area contributed by atoms with Crippen molar-refractivity contribution in [2.75, 3.05) is 17.2 Å². The van der Waals surface area contributed by atoms with Gasteiger partial charge in [-0.3, -0.25) is 9.59 Å². The Morgan fingerprint density at radius 1 is 0.917 bits per heavy atom. The quantitative estimate of drug-likeness (QED) is 0.788. The third-order valence-corrected chi connectivity index (χ3v) is 3.38. The lowest BCUT2D eigenvalue weighted by atomic mass is 10.1. The van der Waals surface area contributed by atoms with Gasteiger partial charge in [-0.15, -0.1) is 0 Å². The van der Waals surface area contributed by atoms with E-state index in [0.717, 1.165) is 0 Å². The van der Waals surface area contributed by atoms with Crippen LogP contribution in [0.15, 0.2) is 54.6 Å². The predicted molar refractivity (Wildman–Crippen MR) is 96.0 cm³/mol. The van der Waals surface area contributed by atoms with Crippen LogP contribution >= 0.6 is 0 Å². The molecule has 2 rings (SSSR count). The molecule has 0 heterocycles. The Hall–Kier alpha value is -2.66. The van der Waals surface area contributed by atoms with Crippen molar-refractivity contribution in [1.29, 1.82) is 0 Å². The first kappa shape index (κ1) is 17.7. The van der Waals surface area contributed by atoms with E-state index >= 15 is 0 Å². The van der Waals surface area contributed by atoms with E-state index in [1.807, 2.05) is 56.4 Å². The Kier molecular flexibility index (Phi) is 5.71. The monoisotopic (exact) mass is 326 g/mol. The number of carbonyl (C=O) groups is 2. The summed E-state index contributed by atoms with van der Waals surface area (Å²) in [6.07, 6.45) is 0. The van der Waals surface area contributed by atoms with Gasteiger partial charge in [-0.25, -0.2) is 0 Å². The SMILES string of the molecule is CC(C)(C)[NH2+]CC(=O)Nc1ccccc1C(=O)Nc1ccccc1. The Labute approximate surface area is 142 Å². The number of para-hydroxylation sites is 2. The second-order valence-corrected chi connectivity index (χ2v) is 6.69. The topological polar surface area (TPSA) is 74.8 Å². The van der Waals surface area contributed by atoms with Gasteiger partial charge in [-0.2, -0.15) is 0 Å². The summed E-state index contributed by atoms with van der Waals surface area (Å²) < 4.78 is 0. The Morgan fingerprint density at radius 2 is 1.54 bits per heavy atom. The Morgan fingerprint density at radius 3 is 2.21 bits per heavy atom. The first-order valence-corrected chi connectivity index (χ1v) is 7.95. The zero-order chi connectivity index (χ0) is 17.6. The fourth-order valence-corrected chi connectivity index (χ4v) is 2.11. The summed E-state index contributed by atoms with van der Waals surface area (Å²) >= 11 is 0. The van der Waals surface area contributed by atoms with Crippen molar-refractivity contribution in [1.82, 2.24) is 0 Å². The molecule has 0 aliphatic carbocycles. The summed E-state index contributed by atoms with van der Waals surface area (Å²) in [5, 5.41) is 7.60. The number of quaternary nitrogens is 1. The molecule has 0 aliphatic rings. The lowest BCUT2D eigenvalue weighted by Gasteiger charge is -2.17. The maximum absolute atomic E-state index is 12.5. The molecule has 5 heteroatoms. The summed E-state index contributed by atoms with van der Waals surface area (Å²) in [4.78, 5) is 24.6. The highest BCUT2D eigenvalue weighted by Gasteiger charge is 2.17. The molecule has 2 amide bonds. The summed E-state index contributed by atoms with van der Waals surface area (Å²) in [6, 6.07) is 16.2. The second-order valence-electron chi connectivity index (χ2n) is 6.69. The number of hydrogen-bond donors (Lipinski definition) is 3. The molecule has 2 aromatic carbocycles. The van der Waals surface area contributed by atoms with Crippen molar-refractivity contribution < 1.29 is 14.9 Å². The number of rotatable bonds is 5. The van der Waals surface area contributed by atoms with Gasteiger partial charge in [0, 0.05) is 5.69 Å². The van der Waals surface area contributed by atoms with Gasteiger partial charge in [-0.1, -0.05) is 30.3 Å². The highest BCUT2D eigenvalue weighted by atomic mass is 16.2. The first-order chi connectivity index (χ1) is 11.3. The van der Waals surface area contributed by atoms with Crippen molar-refractivity contribution in [3.63, 3.8) is 0 Å². The largest absolute Gasteiger partial charge is 0.334 e. The van der Waals surface area contributed by atoms with Gasteiger partial charge in [0.15, 0.2) is 6.54 Å². The van der Waals surface area contributed by atoms with Crippen molar-refractivity contribution in [2.24, 2.45) is 0 Å². The van der Waals surface area contributed by atoms with Crippen molar-refractivity contribution in [2.45, 2.75) is 26.3 Å². The number of carbonyl (C=O) groups excluding carboxylic acids is 2. The molecule has 0 saturated heterocycles. The molecule has 0 unspecified atom stereocenters. The molecule has 0 aromatic heterocycles. The number of anilines is 2. The minimum atomic E-state index is -0.253. The van der Waals surface area contributed by atoms with Crippen LogP contribution in [-0.2, 0) is 4.79 Å². The fraction of sp³-hybridized carbons (Fsp3) is 0.263. The van der Waals surface area contributed by atoms with Gasteiger partial charge in [0.2, 0.25) is 0 Å². The van der Waals surface area contributed by atoms with E-state index in [2.05, 4.69) is 10.6 Å². The fourth-order valence-electron chi connectivity index (χ4n) is 2.11. The van der Waals surface area contributed by atoms with E-state index in [1.165, 1.54) is 0 Å². The molecule has 0 spiro atoms. The number of nitrogens with one attached hydrogen (secondary N) is 2. The average Bonchev–Trinajstić information content (AvgIpc) is 2.54. The lowest BCUT2D eigenvalue weighted by Crippen LogP contribution is -2.95. The Balaban J connectivity index is 2.07. The third kappa shape index (κ3) is 5.52. The predicted octanol–water partition coefficient (Wildman–Crippen LogP) is 2.24. The molecule has 0 aliphatic heterocycles. The molecule has 4 N–H and O–H groups in total. The molecule has 2 aromatic rings. The molecule has 0 bridgehead atoms. The highest BCUT2D eigenvalue weighted by Crippen LogP contribution is 2.17. The number of amides is 2. The third-order valence-electron chi connectivity index (χ3n) is 3.38. The summed E-state index contributed by atoms with van der Waals surface area (Å²) in [6.45, 7) is 6.43. The van der Waals surface area contributed by atoms with Gasteiger partial charge >= 0.3 is 0 Å². The Bertz CT molecular complexity index is 706. The second kappa shape index (κ2) is 7.75. The van der Waals surface area contributed by atoms with E-state index < -0.39 is 0 Å². The molecule has 0 saturated carbocycles. The first-order valence-electron chi connectivity index (χ1n) is 7.95. The number of nitrogens with two attached hydrogens (primary N) is 1. The zero-order valence-corrected chi connectivity index (χ0v) is 14.3. The van der Waals surface area contributed by atoms with Crippen molar-refractivity contribution >= 4 is 23.2 Å². The molecule has 0 fully saturated rings. The summed E-state index contributed by atoms with van der Waals surface area (Å²) in [5.74, 6) is -0.387. The molecule has 126 valence electrons. The summed E-state index contributed by atoms with van der Waals surface area (Å²) in [5.41, 5.74) is 1.63. The van der Waals surface area contributed by atoms with E-state index in [-0.39, 0.29) is 17.4 Å². The van der Waals surface area contributed by atoms with Crippen LogP contribution in [0.5, 0.6) is 0 Å². The molecule has 0 radical (unpaired) electrons. The average molecular weight is 326 g/mol. The molecule has 24 heavy (non-hydrogen) atoms. The van der Waals surface area contributed by atoms with Crippen LogP contribution in [0.25, 0.3) is 0 Å². The van der Waals surface area contributed by atoms with Gasteiger partial charge < -0.3 is 16.0 Å². The molecule has 0 atom stereocenters. The highest BCUT2D eigenvalue weighted by molar-refractivity contribution is 6.10. The van der Waals surface area contributed by atoms with Crippen molar-refractivity contribution in [3.05, 3.63) is 60.2 Å². The normalized spacial score (nSPS) is 11.0. The minimum Gasteiger partial charge on any atom is -0.334 e.